The van der Waals surface area contributed by atoms with Gasteiger partial charge in [0, 0.05) is 0 Å². The van der Waals surface area contributed by atoms with Crippen LogP contribution in [0.1, 0.15) is 34.1 Å². The molecule has 18 heavy (non-hydrogen) atoms. The summed E-state index contributed by atoms with van der Waals surface area (Å²) in [4.78, 5) is 0. The first-order valence-corrected chi connectivity index (χ1v) is 8.38. The molecule has 0 aliphatic heterocycles. The summed E-state index contributed by atoms with van der Waals surface area (Å²) < 4.78 is 7.08. The Morgan fingerprint density at radius 2 is 1.39 bits per heavy atom. The van der Waals surface area contributed by atoms with E-state index in [9.17, 15) is 0 Å². The Morgan fingerprint density at radius 1 is 0.944 bits per heavy atom. The third kappa shape index (κ3) is 5.28. The van der Waals surface area contributed by atoms with Crippen molar-refractivity contribution in [1.82, 2.24) is 7.50 Å². The van der Waals surface area contributed by atoms with Crippen molar-refractivity contribution in [3.63, 3.8) is 0 Å². The molecule has 0 saturated carbocycles. The molecule has 5 heteroatoms. The first-order valence-electron chi connectivity index (χ1n) is 6.43. The fraction of sp³-hybridized carbons (Fsp3) is 0.692. The average Bonchev–Trinajstić information content (AvgIpc) is 2.83. The molecular formula is C13H25Cl2N2V. The van der Waals surface area contributed by atoms with Crippen LogP contribution in [0.5, 0.6) is 0 Å². The van der Waals surface area contributed by atoms with Crippen LogP contribution in [0.15, 0.2) is 22.5 Å². The molecule has 0 fully saturated rings. The van der Waals surface area contributed by atoms with E-state index in [-0.39, 0.29) is 24.8 Å². The van der Waals surface area contributed by atoms with Gasteiger partial charge in [-0.1, -0.05) is 0 Å². The quantitative estimate of drug-likeness (QED) is 0.490. The molecule has 2 nitrogen and oxygen atoms in total. The topological polar surface area (TPSA) is 6.48 Å². The van der Waals surface area contributed by atoms with Crippen LogP contribution in [0.4, 0.5) is 0 Å². The number of halogens is 2. The monoisotopic (exact) mass is 330 g/mol. The van der Waals surface area contributed by atoms with Crippen LogP contribution in [0.25, 0.3) is 0 Å². The summed E-state index contributed by atoms with van der Waals surface area (Å²) >= 11 is -1.13. The molecule has 0 atom stereocenters. The van der Waals surface area contributed by atoms with E-state index in [0.717, 1.165) is 0 Å². The largest absolute Gasteiger partial charge is 1.00 e. The predicted octanol–water partition coefficient (Wildman–Crippen LogP) is -3.03. The first-order chi connectivity index (χ1) is 7.78. The van der Waals surface area contributed by atoms with Crippen LogP contribution in [0.3, 0.4) is 0 Å². The third-order valence-electron chi connectivity index (χ3n) is 3.00. The maximum atomic E-state index is 2.69. The average molecular weight is 331 g/mol. The van der Waals surface area contributed by atoms with Crippen molar-refractivity contribution in [2.24, 2.45) is 0 Å². The maximum Gasteiger partial charge on any atom is -1.00 e. The summed E-state index contributed by atoms with van der Waals surface area (Å²) in [5, 5.41) is 0. The molecule has 0 amide bonds. The van der Waals surface area contributed by atoms with E-state index < -0.39 is 15.6 Å². The van der Waals surface area contributed by atoms with Gasteiger partial charge < -0.3 is 24.8 Å². The Hall–Kier alpha value is 0.564. The van der Waals surface area contributed by atoms with Crippen LogP contribution < -0.4 is 24.8 Å². The Bertz CT molecular complexity index is 250. The van der Waals surface area contributed by atoms with E-state index in [1.54, 1.807) is 4.28 Å². The van der Waals surface area contributed by atoms with Crippen molar-refractivity contribution in [2.45, 2.75) is 34.1 Å². The molecule has 0 aromatic carbocycles. The van der Waals surface area contributed by atoms with Gasteiger partial charge in [0.1, 0.15) is 0 Å². The van der Waals surface area contributed by atoms with Gasteiger partial charge >= 0.3 is 106 Å². The second-order valence-electron chi connectivity index (χ2n) is 3.86. The summed E-state index contributed by atoms with van der Waals surface area (Å²) in [7, 11) is 0. The van der Waals surface area contributed by atoms with Crippen LogP contribution in [-0.2, 0) is 15.6 Å². The van der Waals surface area contributed by atoms with Gasteiger partial charge in [-0.15, -0.1) is 0 Å². The van der Waals surface area contributed by atoms with Gasteiger partial charge in [0.15, 0.2) is 0 Å². The smallest absolute Gasteiger partial charge is 1.00 e. The van der Waals surface area contributed by atoms with Crippen LogP contribution in [0, 0.1) is 0 Å². The van der Waals surface area contributed by atoms with E-state index in [1.807, 2.05) is 0 Å². The summed E-state index contributed by atoms with van der Waals surface area (Å²) in [6, 6.07) is 0. The van der Waals surface area contributed by atoms with Gasteiger partial charge in [-0.3, -0.25) is 0 Å². The van der Waals surface area contributed by atoms with Crippen LogP contribution in [-0.4, -0.2) is 33.7 Å². The van der Waals surface area contributed by atoms with Crippen LogP contribution in [0.2, 0.25) is 0 Å². The zero-order valence-electron chi connectivity index (χ0n) is 11.9. The Balaban J connectivity index is 0. The number of hydrogen-bond acceptors (Lipinski definition) is 2. The van der Waals surface area contributed by atoms with E-state index >= 15 is 0 Å². The van der Waals surface area contributed by atoms with Crippen molar-refractivity contribution in [1.29, 1.82) is 0 Å². The first kappa shape index (κ1) is 20.9. The molecular weight excluding hydrogens is 306 g/mol. The zero-order valence-corrected chi connectivity index (χ0v) is 14.8. The van der Waals surface area contributed by atoms with E-state index in [0.29, 0.717) is 0 Å². The molecule has 0 N–H and O–H groups in total. The molecule has 0 heterocycles. The fourth-order valence-corrected chi connectivity index (χ4v) is 6.24. The van der Waals surface area contributed by atoms with E-state index in [1.165, 1.54) is 32.6 Å². The second-order valence-corrected chi connectivity index (χ2v) is 7.43. The second kappa shape index (κ2) is 11.4. The van der Waals surface area contributed by atoms with Gasteiger partial charge in [0.2, 0.25) is 0 Å². The maximum absolute atomic E-state index is 2.69. The SMILES string of the molecule is CC[N](CC)[V+2]([C]1=CC=CC1)[N](CC)CC.[Cl-].[Cl-]. The fourth-order valence-electron chi connectivity index (χ4n) is 2.11. The molecule has 1 rings (SSSR count). The summed E-state index contributed by atoms with van der Waals surface area (Å²) in [6.45, 7) is 13.9. The standard InChI is InChI=1S/C5H5.2C4H10N.2ClH.V/c1-2-4-5-3-1;2*1-3-5-4-2;;;/h1-3H,4H2;2*3-4H2,1-2H3;2*1H;/q;2*-1;;;+4/p-2. The summed E-state index contributed by atoms with van der Waals surface area (Å²) in [6.07, 6.45) is 8.07. The number of hydrogen-bond donors (Lipinski definition) is 0. The van der Waals surface area contributed by atoms with Gasteiger partial charge in [-0.05, 0) is 0 Å². The van der Waals surface area contributed by atoms with Crippen LogP contribution >= 0.6 is 0 Å². The molecule has 0 spiro atoms. The van der Waals surface area contributed by atoms with Crippen molar-refractivity contribution >= 4 is 0 Å². The molecule has 1 aliphatic carbocycles. The Kier molecular flexibility index (Phi) is 13.2. The van der Waals surface area contributed by atoms with Gasteiger partial charge in [0.25, 0.3) is 0 Å². The van der Waals surface area contributed by atoms with Crippen molar-refractivity contribution in [2.75, 3.05) is 26.2 Å². The Labute approximate surface area is 130 Å². The van der Waals surface area contributed by atoms with Gasteiger partial charge in [0.05, 0.1) is 0 Å². The zero-order chi connectivity index (χ0) is 12.0. The number of nitrogens with zero attached hydrogens (tertiary/aromatic N) is 2. The normalized spacial score (nSPS) is 13.3. The minimum absolute atomic E-state index is 0. The molecule has 0 saturated heterocycles. The molecule has 0 radical (unpaired) electrons. The molecule has 0 aromatic rings. The van der Waals surface area contributed by atoms with Gasteiger partial charge in [-0.25, -0.2) is 0 Å². The van der Waals surface area contributed by atoms with Crippen molar-refractivity contribution in [3.05, 3.63) is 22.5 Å². The number of allylic oxidation sites excluding steroid dienone is 4. The van der Waals surface area contributed by atoms with E-state index in [4.69, 9.17) is 0 Å². The number of rotatable bonds is 7. The third-order valence-corrected chi connectivity index (χ3v) is 7.76. The molecule has 106 valence electrons. The summed E-state index contributed by atoms with van der Waals surface area (Å²) in [5.74, 6) is 0. The molecule has 0 unspecified atom stereocenters. The minimum Gasteiger partial charge on any atom is -1.00 e. The molecule has 0 bridgehead atoms. The van der Waals surface area contributed by atoms with E-state index in [2.05, 4.69) is 53.4 Å². The van der Waals surface area contributed by atoms with Gasteiger partial charge in [-0.2, -0.15) is 0 Å². The van der Waals surface area contributed by atoms with Crippen molar-refractivity contribution in [3.8, 4) is 0 Å². The summed E-state index contributed by atoms with van der Waals surface area (Å²) in [5.41, 5.74) is 0. The van der Waals surface area contributed by atoms with Crippen molar-refractivity contribution < 1.29 is 40.4 Å². The molecule has 1 aliphatic rings. The Morgan fingerprint density at radius 3 is 1.67 bits per heavy atom. The minimum atomic E-state index is -1.13. The molecule has 0 aromatic heterocycles. The predicted molar refractivity (Wildman–Crippen MR) is 67.7 cm³/mol.